The summed E-state index contributed by atoms with van der Waals surface area (Å²) in [7, 11) is 0. The highest BCUT2D eigenvalue weighted by molar-refractivity contribution is 7.98. The van der Waals surface area contributed by atoms with Gasteiger partial charge in [0.1, 0.15) is 5.01 Å². The number of hydrogen-bond donors (Lipinski definition) is 0. The van der Waals surface area contributed by atoms with Crippen LogP contribution in [0.2, 0.25) is 0 Å². The van der Waals surface area contributed by atoms with Gasteiger partial charge in [0.2, 0.25) is 0 Å². The molecule has 0 bridgehead atoms. The summed E-state index contributed by atoms with van der Waals surface area (Å²) >= 11 is 3.07. The Bertz CT molecular complexity index is 1250. The standard InChI is InChI=1S/C22H14N4O2S2/c23-12-15-4-6-17(7-5-15)20-14-30-22(25-20)18-8-9-24-21(11-18)29-13-16-2-1-3-19(10-16)26(27)28/h1-11,14H,13H2. The van der Waals surface area contributed by atoms with Crippen LogP contribution in [0.15, 0.2) is 77.3 Å². The number of thiazole rings is 1. The Morgan fingerprint density at radius 2 is 1.93 bits per heavy atom. The molecule has 0 aliphatic rings. The third-order valence-corrected chi connectivity index (χ3v) is 6.19. The Balaban J connectivity index is 1.49. The molecule has 6 nitrogen and oxygen atoms in total. The molecule has 0 N–H and O–H groups in total. The fourth-order valence-corrected chi connectivity index (χ4v) is 4.46. The second kappa shape index (κ2) is 8.86. The lowest BCUT2D eigenvalue weighted by Crippen LogP contribution is -1.90. The van der Waals surface area contributed by atoms with Crippen LogP contribution in [-0.2, 0) is 5.75 Å². The lowest BCUT2D eigenvalue weighted by atomic mass is 10.1. The minimum absolute atomic E-state index is 0.0907. The van der Waals surface area contributed by atoms with E-state index in [1.54, 1.807) is 41.8 Å². The van der Waals surface area contributed by atoms with E-state index in [-0.39, 0.29) is 10.6 Å². The third kappa shape index (κ3) is 4.54. The number of nitriles is 1. The molecule has 2 aromatic carbocycles. The SMILES string of the molecule is N#Cc1ccc(-c2csc(-c3ccnc(SCc4cccc([N+](=O)[O-])c4)c3)n2)cc1. The molecule has 4 aromatic rings. The minimum Gasteiger partial charge on any atom is -0.258 e. The molecule has 0 unspecified atom stereocenters. The van der Waals surface area contributed by atoms with Gasteiger partial charge in [0.05, 0.1) is 27.3 Å². The molecule has 0 radical (unpaired) electrons. The van der Waals surface area contributed by atoms with Gasteiger partial charge in [-0.25, -0.2) is 9.97 Å². The highest BCUT2D eigenvalue weighted by atomic mass is 32.2. The number of hydrogen-bond acceptors (Lipinski definition) is 7. The van der Waals surface area contributed by atoms with Crippen molar-refractivity contribution in [3.63, 3.8) is 0 Å². The maximum Gasteiger partial charge on any atom is 0.269 e. The first kappa shape index (κ1) is 19.8. The molecule has 146 valence electrons. The number of aromatic nitrogens is 2. The topological polar surface area (TPSA) is 92.7 Å². The number of benzene rings is 2. The predicted molar refractivity (Wildman–Crippen MR) is 118 cm³/mol. The summed E-state index contributed by atoms with van der Waals surface area (Å²) in [6, 6.07) is 20.0. The van der Waals surface area contributed by atoms with Gasteiger partial charge in [0.25, 0.3) is 5.69 Å². The predicted octanol–water partition coefficient (Wildman–Crippen LogP) is 5.94. The van der Waals surface area contributed by atoms with Gasteiger partial charge in [-0.15, -0.1) is 23.1 Å². The molecule has 8 heteroatoms. The maximum atomic E-state index is 10.9. The van der Waals surface area contributed by atoms with E-state index in [2.05, 4.69) is 11.1 Å². The number of rotatable bonds is 6. The summed E-state index contributed by atoms with van der Waals surface area (Å²) < 4.78 is 0. The summed E-state index contributed by atoms with van der Waals surface area (Å²) in [5, 5.41) is 23.6. The number of nitrogens with zero attached hydrogens (tertiary/aromatic N) is 4. The van der Waals surface area contributed by atoms with Crippen molar-refractivity contribution in [3.05, 3.63) is 93.5 Å². The van der Waals surface area contributed by atoms with E-state index in [1.165, 1.54) is 17.8 Å². The highest BCUT2D eigenvalue weighted by Crippen LogP contribution is 2.31. The van der Waals surface area contributed by atoms with Crippen molar-refractivity contribution < 1.29 is 4.92 Å². The first-order valence-corrected chi connectivity index (χ1v) is 10.8. The molecule has 30 heavy (non-hydrogen) atoms. The lowest BCUT2D eigenvalue weighted by molar-refractivity contribution is -0.384. The summed E-state index contributed by atoms with van der Waals surface area (Å²) in [6.07, 6.45) is 1.74. The Kier molecular flexibility index (Phi) is 5.84. The molecule has 0 saturated heterocycles. The molecule has 0 atom stereocenters. The van der Waals surface area contributed by atoms with E-state index in [0.717, 1.165) is 32.4 Å². The van der Waals surface area contributed by atoms with Crippen LogP contribution < -0.4 is 0 Å². The first-order valence-electron chi connectivity index (χ1n) is 8.91. The average Bonchev–Trinajstić information content (AvgIpc) is 3.28. The van der Waals surface area contributed by atoms with Gasteiger partial charge in [0, 0.05) is 40.6 Å². The monoisotopic (exact) mass is 430 g/mol. The minimum atomic E-state index is -0.388. The second-order valence-corrected chi connectivity index (χ2v) is 8.18. The molecule has 0 amide bonds. The van der Waals surface area contributed by atoms with Crippen LogP contribution in [0.25, 0.3) is 21.8 Å². The fourth-order valence-electron chi connectivity index (χ4n) is 2.79. The smallest absolute Gasteiger partial charge is 0.258 e. The van der Waals surface area contributed by atoms with Crippen molar-refractivity contribution in [2.24, 2.45) is 0 Å². The summed E-state index contributed by atoms with van der Waals surface area (Å²) in [5.41, 5.74) is 4.38. The Hall–Kier alpha value is -3.54. The second-order valence-electron chi connectivity index (χ2n) is 6.33. The molecule has 0 aliphatic carbocycles. The van der Waals surface area contributed by atoms with E-state index < -0.39 is 0 Å². The van der Waals surface area contributed by atoms with E-state index in [1.807, 2.05) is 35.7 Å². The van der Waals surface area contributed by atoms with Crippen LogP contribution >= 0.6 is 23.1 Å². The zero-order chi connectivity index (χ0) is 20.9. The van der Waals surface area contributed by atoms with Crippen molar-refractivity contribution >= 4 is 28.8 Å². The molecule has 0 aliphatic heterocycles. The highest BCUT2D eigenvalue weighted by Gasteiger charge is 2.10. The Morgan fingerprint density at radius 1 is 1.10 bits per heavy atom. The van der Waals surface area contributed by atoms with Gasteiger partial charge in [0.15, 0.2) is 0 Å². The number of non-ortho nitro benzene ring substituents is 1. The van der Waals surface area contributed by atoms with Crippen molar-refractivity contribution in [1.82, 2.24) is 9.97 Å². The van der Waals surface area contributed by atoms with E-state index >= 15 is 0 Å². The molecular formula is C22H14N4O2S2. The van der Waals surface area contributed by atoms with Crippen molar-refractivity contribution in [2.45, 2.75) is 10.8 Å². The van der Waals surface area contributed by atoms with Crippen molar-refractivity contribution in [3.8, 4) is 27.9 Å². The molecule has 4 rings (SSSR count). The molecular weight excluding hydrogens is 416 g/mol. The van der Waals surface area contributed by atoms with E-state index in [9.17, 15) is 10.1 Å². The van der Waals surface area contributed by atoms with Gasteiger partial charge < -0.3 is 0 Å². The first-order chi connectivity index (χ1) is 14.6. The number of nitro benzene ring substituents is 1. The Morgan fingerprint density at radius 3 is 2.70 bits per heavy atom. The summed E-state index contributed by atoms with van der Waals surface area (Å²) in [4.78, 5) is 19.7. The van der Waals surface area contributed by atoms with Crippen LogP contribution in [0.5, 0.6) is 0 Å². The number of pyridine rings is 1. The molecule has 2 heterocycles. The van der Waals surface area contributed by atoms with Crippen LogP contribution in [-0.4, -0.2) is 14.9 Å². The third-order valence-electron chi connectivity index (χ3n) is 4.30. The quantitative estimate of drug-likeness (QED) is 0.213. The van der Waals surface area contributed by atoms with Crippen LogP contribution in [0.3, 0.4) is 0 Å². The summed E-state index contributed by atoms with van der Waals surface area (Å²) in [5.74, 6) is 0.590. The van der Waals surface area contributed by atoms with Gasteiger partial charge in [-0.1, -0.05) is 24.3 Å². The molecule has 0 spiro atoms. The number of nitro groups is 1. The molecule has 0 fully saturated rings. The van der Waals surface area contributed by atoms with Gasteiger partial charge in [-0.05, 0) is 29.8 Å². The van der Waals surface area contributed by atoms with Crippen LogP contribution in [0, 0.1) is 21.4 Å². The summed E-state index contributed by atoms with van der Waals surface area (Å²) in [6.45, 7) is 0. The average molecular weight is 431 g/mol. The van der Waals surface area contributed by atoms with E-state index in [0.29, 0.717) is 11.3 Å². The largest absolute Gasteiger partial charge is 0.269 e. The fraction of sp³-hybridized carbons (Fsp3) is 0.0455. The van der Waals surface area contributed by atoms with Gasteiger partial charge in [-0.3, -0.25) is 10.1 Å². The van der Waals surface area contributed by atoms with Gasteiger partial charge >= 0.3 is 0 Å². The molecule has 2 aromatic heterocycles. The van der Waals surface area contributed by atoms with Gasteiger partial charge in [-0.2, -0.15) is 5.26 Å². The zero-order valence-electron chi connectivity index (χ0n) is 15.6. The maximum absolute atomic E-state index is 10.9. The normalized spacial score (nSPS) is 10.5. The van der Waals surface area contributed by atoms with Crippen molar-refractivity contribution in [1.29, 1.82) is 5.26 Å². The van der Waals surface area contributed by atoms with Crippen molar-refractivity contribution in [2.75, 3.05) is 0 Å². The zero-order valence-corrected chi connectivity index (χ0v) is 17.2. The van der Waals surface area contributed by atoms with E-state index in [4.69, 9.17) is 10.2 Å². The van der Waals surface area contributed by atoms with Crippen LogP contribution in [0.4, 0.5) is 5.69 Å². The number of thioether (sulfide) groups is 1. The van der Waals surface area contributed by atoms with Crippen LogP contribution in [0.1, 0.15) is 11.1 Å². The lowest BCUT2D eigenvalue weighted by Gasteiger charge is -2.03. The Labute approximate surface area is 181 Å². The molecule has 0 saturated carbocycles.